The molecule has 0 aromatic heterocycles. The summed E-state index contributed by atoms with van der Waals surface area (Å²) < 4.78 is 22.5. The second-order valence-electron chi connectivity index (χ2n) is 4.60. The van der Waals surface area contributed by atoms with Crippen LogP contribution in [0.5, 0.6) is 0 Å². The van der Waals surface area contributed by atoms with Crippen LogP contribution in [0.2, 0.25) is 0 Å². The Morgan fingerprint density at radius 3 is 2.94 bits per heavy atom. The lowest BCUT2D eigenvalue weighted by molar-refractivity contribution is 0.588. The van der Waals surface area contributed by atoms with Crippen molar-refractivity contribution < 1.29 is 8.42 Å². The number of hydrogen-bond acceptors (Lipinski definition) is 4. The van der Waals surface area contributed by atoms with Crippen LogP contribution < -0.4 is 5.32 Å². The van der Waals surface area contributed by atoms with Crippen molar-refractivity contribution in [2.45, 2.75) is 25.8 Å². The average molecular weight is 262 g/mol. The number of nitrogens with one attached hydrogen (secondary N) is 1. The molecule has 0 aromatic carbocycles. The maximum atomic E-state index is 11.3. The van der Waals surface area contributed by atoms with Crippen LogP contribution in [0.3, 0.4) is 0 Å². The van der Waals surface area contributed by atoms with Gasteiger partial charge in [-0.05, 0) is 25.7 Å². The summed E-state index contributed by atoms with van der Waals surface area (Å²) in [4.78, 5) is 4.49. The van der Waals surface area contributed by atoms with E-state index in [4.69, 9.17) is 0 Å². The lowest BCUT2D eigenvalue weighted by Crippen LogP contribution is -2.35. The van der Waals surface area contributed by atoms with E-state index in [0.717, 1.165) is 17.3 Å². The van der Waals surface area contributed by atoms with Gasteiger partial charge in [0, 0.05) is 18.3 Å². The number of amidine groups is 1. The molecular weight excluding hydrogens is 244 g/mol. The summed E-state index contributed by atoms with van der Waals surface area (Å²) in [7, 11) is -2.76. The Bertz CT molecular complexity index is 378. The van der Waals surface area contributed by atoms with Gasteiger partial charge in [0.25, 0.3) is 0 Å². The standard InChI is InChI=1S/C10H18N2O2S2/c1-8-2-4-15-10(12-8)11-6-9-3-5-16(13,14)7-9/h8-9H,2-7H2,1H3,(H,11,12). The largest absolute Gasteiger partial charge is 0.362 e. The Hall–Kier alpha value is -0.230. The van der Waals surface area contributed by atoms with Crippen molar-refractivity contribution in [3.8, 4) is 0 Å². The minimum absolute atomic E-state index is 0.233. The van der Waals surface area contributed by atoms with Crippen LogP contribution in [-0.2, 0) is 9.84 Å². The van der Waals surface area contributed by atoms with Crippen molar-refractivity contribution in [1.82, 2.24) is 5.32 Å². The fourth-order valence-electron chi connectivity index (χ4n) is 1.98. The van der Waals surface area contributed by atoms with Gasteiger partial charge in [-0.2, -0.15) is 0 Å². The maximum Gasteiger partial charge on any atom is 0.156 e. The third kappa shape index (κ3) is 3.38. The van der Waals surface area contributed by atoms with Crippen LogP contribution in [0.15, 0.2) is 4.99 Å². The molecule has 0 radical (unpaired) electrons. The zero-order valence-electron chi connectivity index (χ0n) is 9.48. The topological polar surface area (TPSA) is 58.5 Å². The summed E-state index contributed by atoms with van der Waals surface area (Å²) in [6, 6.07) is 0.493. The third-order valence-corrected chi connectivity index (χ3v) is 5.78. The van der Waals surface area contributed by atoms with Gasteiger partial charge >= 0.3 is 0 Å². The van der Waals surface area contributed by atoms with Gasteiger partial charge < -0.3 is 5.32 Å². The van der Waals surface area contributed by atoms with Crippen LogP contribution in [0, 0.1) is 5.92 Å². The zero-order chi connectivity index (χ0) is 11.6. The summed E-state index contributed by atoms with van der Waals surface area (Å²) in [5, 5.41) is 4.31. The molecule has 2 saturated heterocycles. The van der Waals surface area contributed by atoms with Crippen LogP contribution in [0.4, 0.5) is 0 Å². The van der Waals surface area contributed by atoms with E-state index in [2.05, 4.69) is 17.2 Å². The zero-order valence-corrected chi connectivity index (χ0v) is 11.1. The second kappa shape index (κ2) is 4.96. The molecule has 2 heterocycles. The number of aliphatic imine (C=N–C) groups is 1. The number of sulfone groups is 1. The van der Waals surface area contributed by atoms with Gasteiger partial charge in [0.1, 0.15) is 0 Å². The van der Waals surface area contributed by atoms with E-state index < -0.39 is 9.84 Å². The van der Waals surface area contributed by atoms with Gasteiger partial charge in [0.2, 0.25) is 0 Å². The predicted molar refractivity (Wildman–Crippen MR) is 68.7 cm³/mol. The maximum absolute atomic E-state index is 11.3. The van der Waals surface area contributed by atoms with Crippen molar-refractivity contribution in [1.29, 1.82) is 0 Å². The molecule has 2 unspecified atom stereocenters. The molecule has 0 bridgehead atoms. The lowest BCUT2D eigenvalue weighted by atomic mass is 10.1. The molecule has 1 N–H and O–H groups in total. The molecule has 2 aliphatic heterocycles. The first kappa shape index (κ1) is 12.2. The van der Waals surface area contributed by atoms with Gasteiger partial charge in [-0.15, -0.1) is 0 Å². The van der Waals surface area contributed by atoms with Crippen molar-refractivity contribution in [3.05, 3.63) is 0 Å². The van der Waals surface area contributed by atoms with Gasteiger partial charge in [-0.1, -0.05) is 11.8 Å². The van der Waals surface area contributed by atoms with Crippen LogP contribution in [0.25, 0.3) is 0 Å². The molecule has 6 heteroatoms. The minimum Gasteiger partial charge on any atom is -0.362 e. The molecule has 4 nitrogen and oxygen atoms in total. The quantitative estimate of drug-likeness (QED) is 0.803. The number of rotatable bonds is 2. The fourth-order valence-corrected chi connectivity index (χ4v) is 4.94. The first-order valence-electron chi connectivity index (χ1n) is 5.69. The second-order valence-corrected chi connectivity index (χ2v) is 7.91. The van der Waals surface area contributed by atoms with E-state index in [1.54, 1.807) is 11.8 Å². The first-order chi connectivity index (χ1) is 7.55. The Kier molecular flexibility index (Phi) is 3.79. The first-order valence-corrected chi connectivity index (χ1v) is 8.50. The van der Waals surface area contributed by atoms with E-state index in [1.165, 1.54) is 6.42 Å². The Morgan fingerprint density at radius 1 is 1.50 bits per heavy atom. The SMILES string of the molecule is CC1CCSC(=NCC2CCS(=O)(=O)C2)N1. The molecular formula is C10H18N2O2S2. The average Bonchev–Trinajstić information content (AvgIpc) is 2.56. The third-order valence-electron chi connectivity index (χ3n) is 2.98. The molecule has 0 saturated carbocycles. The molecule has 0 aromatic rings. The highest BCUT2D eigenvalue weighted by atomic mass is 32.2. The van der Waals surface area contributed by atoms with Crippen molar-refractivity contribution in [3.63, 3.8) is 0 Å². The van der Waals surface area contributed by atoms with Crippen molar-refractivity contribution in [2.24, 2.45) is 10.9 Å². The summed E-state index contributed by atoms with van der Waals surface area (Å²) in [6.07, 6.45) is 1.95. The molecule has 0 amide bonds. The van der Waals surface area contributed by atoms with Crippen LogP contribution in [0.1, 0.15) is 19.8 Å². The van der Waals surface area contributed by atoms with Crippen molar-refractivity contribution >= 4 is 26.8 Å². The minimum atomic E-state index is -2.76. The number of thioether (sulfide) groups is 1. The van der Waals surface area contributed by atoms with E-state index in [-0.39, 0.29) is 5.92 Å². The molecule has 92 valence electrons. The molecule has 16 heavy (non-hydrogen) atoms. The molecule has 0 spiro atoms. The Labute approximate surface area is 101 Å². The van der Waals surface area contributed by atoms with E-state index >= 15 is 0 Å². The normalized spacial score (nSPS) is 36.2. The monoisotopic (exact) mass is 262 g/mol. The lowest BCUT2D eigenvalue weighted by Gasteiger charge is -2.22. The summed E-state index contributed by atoms with van der Waals surface area (Å²) >= 11 is 1.74. The van der Waals surface area contributed by atoms with Gasteiger partial charge in [-0.25, -0.2) is 8.42 Å². The molecule has 2 aliphatic rings. The highest BCUT2D eigenvalue weighted by molar-refractivity contribution is 8.13. The predicted octanol–water partition coefficient (Wildman–Crippen LogP) is 0.892. The Balaban J connectivity index is 1.85. The molecule has 2 atom stereocenters. The number of nitrogens with zero attached hydrogens (tertiary/aromatic N) is 1. The highest BCUT2D eigenvalue weighted by Crippen LogP contribution is 2.20. The number of hydrogen-bond donors (Lipinski definition) is 1. The summed E-state index contributed by atoms with van der Waals surface area (Å²) in [5.41, 5.74) is 0. The highest BCUT2D eigenvalue weighted by Gasteiger charge is 2.27. The van der Waals surface area contributed by atoms with E-state index in [1.807, 2.05) is 0 Å². The van der Waals surface area contributed by atoms with E-state index in [0.29, 0.717) is 24.1 Å². The Morgan fingerprint density at radius 2 is 2.31 bits per heavy atom. The molecule has 2 rings (SSSR count). The van der Waals surface area contributed by atoms with Crippen LogP contribution >= 0.6 is 11.8 Å². The summed E-state index contributed by atoms with van der Waals surface area (Å²) in [5.74, 6) is 2.01. The van der Waals surface area contributed by atoms with Gasteiger partial charge in [-0.3, -0.25) is 4.99 Å². The summed E-state index contributed by atoms with van der Waals surface area (Å²) in [6.45, 7) is 2.80. The smallest absolute Gasteiger partial charge is 0.156 e. The molecule has 0 aliphatic carbocycles. The van der Waals surface area contributed by atoms with Gasteiger partial charge in [0.05, 0.1) is 11.5 Å². The fraction of sp³-hybridized carbons (Fsp3) is 0.900. The molecule has 2 fully saturated rings. The van der Waals surface area contributed by atoms with Gasteiger partial charge in [0.15, 0.2) is 15.0 Å². The van der Waals surface area contributed by atoms with Crippen molar-refractivity contribution in [2.75, 3.05) is 23.8 Å². The van der Waals surface area contributed by atoms with Crippen LogP contribution in [-0.4, -0.2) is 43.4 Å². The van der Waals surface area contributed by atoms with E-state index in [9.17, 15) is 8.42 Å².